The number of aliphatic hydroxyl groups is 1. The van der Waals surface area contributed by atoms with Crippen molar-refractivity contribution in [2.45, 2.75) is 32.3 Å². The van der Waals surface area contributed by atoms with Gasteiger partial charge < -0.3 is 5.11 Å². The average Bonchev–Trinajstić information content (AvgIpc) is 2.56. The fraction of sp³-hybridized carbons (Fsp3) is 0.263. The van der Waals surface area contributed by atoms with E-state index in [0.29, 0.717) is 12.8 Å². The quantitative estimate of drug-likeness (QED) is 0.523. The highest BCUT2D eigenvalue weighted by molar-refractivity contribution is 14.1. The van der Waals surface area contributed by atoms with Crippen molar-refractivity contribution in [1.29, 1.82) is 0 Å². The molecule has 2 aromatic carbocycles. The summed E-state index contributed by atoms with van der Waals surface area (Å²) in [6.45, 7) is 4.09. The van der Waals surface area contributed by atoms with Gasteiger partial charge in [0, 0.05) is 9.15 Å². The summed E-state index contributed by atoms with van der Waals surface area (Å²) in [6.07, 6.45) is 1.40. The molecule has 0 spiro atoms. The summed E-state index contributed by atoms with van der Waals surface area (Å²) in [4.78, 5) is 0. The van der Waals surface area contributed by atoms with Gasteiger partial charge in [0.1, 0.15) is 0 Å². The molecule has 0 radical (unpaired) electrons. The molecule has 0 fully saturated rings. The third-order valence-electron chi connectivity index (χ3n) is 3.94. The minimum absolute atomic E-state index is 0.701. The zero-order valence-electron chi connectivity index (χ0n) is 12.5. The van der Waals surface area contributed by atoms with Gasteiger partial charge in [0.25, 0.3) is 0 Å². The molecule has 0 saturated heterocycles. The van der Waals surface area contributed by atoms with E-state index in [-0.39, 0.29) is 0 Å². The number of benzene rings is 2. The molecule has 0 atom stereocenters. The van der Waals surface area contributed by atoms with Gasteiger partial charge in [-0.25, -0.2) is 0 Å². The predicted molar refractivity (Wildman–Crippen MR) is 99.2 cm³/mol. The van der Waals surface area contributed by atoms with Crippen molar-refractivity contribution in [3.8, 4) is 0 Å². The molecule has 0 bridgehead atoms. The Balaban J connectivity index is 2.67. The Morgan fingerprint density at radius 1 is 0.857 bits per heavy atom. The van der Waals surface area contributed by atoms with E-state index in [4.69, 9.17) is 0 Å². The number of rotatable bonds is 5. The molecule has 0 aromatic heterocycles. The topological polar surface area (TPSA) is 20.2 Å². The molecule has 110 valence electrons. The van der Waals surface area contributed by atoms with Gasteiger partial charge in [-0.05, 0) is 46.6 Å². The molecule has 0 aliphatic heterocycles. The fourth-order valence-electron chi connectivity index (χ4n) is 2.54. The molecule has 21 heavy (non-hydrogen) atoms. The molecule has 2 heteroatoms. The Kier molecular flexibility index (Phi) is 5.59. The number of hydrogen-bond donors (Lipinski definition) is 1. The van der Waals surface area contributed by atoms with E-state index in [1.165, 1.54) is 0 Å². The molecule has 1 N–H and O–H groups in total. The lowest BCUT2D eigenvalue weighted by molar-refractivity contribution is 0.0940. The van der Waals surface area contributed by atoms with E-state index >= 15 is 0 Å². The van der Waals surface area contributed by atoms with Crippen molar-refractivity contribution in [1.82, 2.24) is 0 Å². The lowest BCUT2D eigenvalue weighted by Crippen LogP contribution is -2.29. The van der Waals surface area contributed by atoms with Crippen LogP contribution in [0.2, 0.25) is 0 Å². The summed E-state index contributed by atoms with van der Waals surface area (Å²) in [5, 5.41) is 11.1. The van der Waals surface area contributed by atoms with Crippen LogP contribution in [0, 0.1) is 0 Å². The first-order valence-corrected chi connectivity index (χ1v) is 8.43. The highest BCUT2D eigenvalue weighted by Crippen LogP contribution is 2.41. The number of hydrogen-bond acceptors (Lipinski definition) is 1. The Bertz CT molecular complexity index is 598. The molecule has 0 aliphatic carbocycles. The molecular formula is C19H21IO. The second-order valence-corrected chi connectivity index (χ2v) is 6.24. The van der Waals surface area contributed by atoms with Crippen molar-refractivity contribution in [2.24, 2.45) is 0 Å². The van der Waals surface area contributed by atoms with Crippen LogP contribution in [-0.4, -0.2) is 10.7 Å². The van der Waals surface area contributed by atoms with Crippen LogP contribution in [0.5, 0.6) is 0 Å². The van der Waals surface area contributed by atoms with Gasteiger partial charge in [0.15, 0.2) is 0 Å². The van der Waals surface area contributed by atoms with Crippen LogP contribution in [-0.2, 0) is 0 Å². The first-order chi connectivity index (χ1) is 10.1. The molecule has 0 saturated carbocycles. The second-order valence-electron chi connectivity index (χ2n) is 5.16. The van der Waals surface area contributed by atoms with Crippen LogP contribution in [0.1, 0.15) is 37.8 Å². The molecule has 1 nitrogen and oxygen atoms in total. The Morgan fingerprint density at radius 3 is 1.71 bits per heavy atom. The highest BCUT2D eigenvalue weighted by Gasteiger charge is 2.31. The summed E-state index contributed by atoms with van der Waals surface area (Å²) < 4.78 is 1.12. The Labute approximate surface area is 140 Å². The van der Waals surface area contributed by atoms with Gasteiger partial charge in [-0.15, -0.1) is 0 Å². The molecule has 2 rings (SSSR count). The maximum Gasteiger partial charge on any atom is 0.0907 e. The zero-order valence-corrected chi connectivity index (χ0v) is 14.7. The van der Waals surface area contributed by atoms with E-state index in [1.54, 1.807) is 0 Å². The first-order valence-electron chi connectivity index (χ1n) is 7.36. The van der Waals surface area contributed by atoms with Crippen molar-refractivity contribution < 1.29 is 5.11 Å². The standard InChI is InChI=1S/C19H21IO/c1-3-19(21,4-2)17(15-11-7-5-8-12-15)18(20)16-13-9-6-10-14-16/h5-14,21H,3-4H2,1-2H3/b18-17-. The fourth-order valence-corrected chi connectivity index (χ4v) is 3.71. The minimum atomic E-state index is -0.798. The third-order valence-corrected chi connectivity index (χ3v) is 5.11. The van der Waals surface area contributed by atoms with E-state index in [9.17, 15) is 5.11 Å². The van der Waals surface area contributed by atoms with Crippen LogP contribution < -0.4 is 0 Å². The second kappa shape index (κ2) is 7.23. The van der Waals surface area contributed by atoms with Crippen molar-refractivity contribution >= 4 is 31.7 Å². The van der Waals surface area contributed by atoms with Gasteiger partial charge in [-0.2, -0.15) is 0 Å². The van der Waals surface area contributed by atoms with Crippen molar-refractivity contribution in [3.63, 3.8) is 0 Å². The van der Waals surface area contributed by atoms with Gasteiger partial charge in [0.05, 0.1) is 5.60 Å². The summed E-state index contributed by atoms with van der Waals surface area (Å²) in [7, 11) is 0. The summed E-state index contributed by atoms with van der Waals surface area (Å²) in [6, 6.07) is 20.5. The molecular weight excluding hydrogens is 371 g/mol. The average molecular weight is 392 g/mol. The Morgan fingerprint density at radius 2 is 1.29 bits per heavy atom. The van der Waals surface area contributed by atoms with Crippen LogP contribution in [0.15, 0.2) is 60.7 Å². The minimum Gasteiger partial charge on any atom is -0.385 e. The maximum atomic E-state index is 11.1. The zero-order chi connectivity index (χ0) is 15.3. The monoisotopic (exact) mass is 392 g/mol. The van der Waals surface area contributed by atoms with Gasteiger partial charge in [-0.1, -0.05) is 74.5 Å². The molecule has 2 aromatic rings. The first kappa shape index (κ1) is 16.2. The SMILES string of the molecule is CCC(O)(CC)/C(=C(\I)c1ccccc1)c1ccccc1. The molecule has 0 heterocycles. The normalized spacial score (nSPS) is 13.0. The lowest BCUT2D eigenvalue weighted by atomic mass is 9.83. The van der Waals surface area contributed by atoms with E-state index in [1.807, 2.05) is 50.2 Å². The van der Waals surface area contributed by atoms with Gasteiger partial charge in [-0.3, -0.25) is 0 Å². The summed E-state index contributed by atoms with van der Waals surface area (Å²) in [5.74, 6) is 0. The Hall–Kier alpha value is -1.13. The van der Waals surface area contributed by atoms with Crippen LogP contribution in [0.25, 0.3) is 9.15 Å². The van der Waals surface area contributed by atoms with Crippen molar-refractivity contribution in [2.75, 3.05) is 0 Å². The molecule has 0 aliphatic rings. The van der Waals surface area contributed by atoms with Crippen LogP contribution >= 0.6 is 22.6 Å². The lowest BCUT2D eigenvalue weighted by Gasteiger charge is -2.30. The predicted octanol–water partition coefficient (Wildman–Crippen LogP) is 5.54. The van der Waals surface area contributed by atoms with Crippen LogP contribution in [0.4, 0.5) is 0 Å². The summed E-state index contributed by atoms with van der Waals surface area (Å²) in [5.41, 5.74) is 2.47. The maximum absolute atomic E-state index is 11.1. The largest absolute Gasteiger partial charge is 0.385 e. The highest BCUT2D eigenvalue weighted by atomic mass is 127. The third kappa shape index (κ3) is 3.55. The van der Waals surface area contributed by atoms with E-state index in [0.717, 1.165) is 20.3 Å². The molecule has 0 unspecified atom stereocenters. The van der Waals surface area contributed by atoms with E-state index in [2.05, 4.69) is 46.9 Å². The van der Waals surface area contributed by atoms with E-state index < -0.39 is 5.60 Å². The van der Waals surface area contributed by atoms with Crippen molar-refractivity contribution in [3.05, 3.63) is 71.8 Å². The summed E-state index contributed by atoms with van der Waals surface area (Å²) >= 11 is 2.36. The number of halogens is 1. The van der Waals surface area contributed by atoms with Crippen LogP contribution in [0.3, 0.4) is 0 Å². The molecule has 0 amide bonds. The smallest absolute Gasteiger partial charge is 0.0907 e. The van der Waals surface area contributed by atoms with Gasteiger partial charge >= 0.3 is 0 Å². The van der Waals surface area contributed by atoms with Gasteiger partial charge in [0.2, 0.25) is 0 Å².